The van der Waals surface area contributed by atoms with Gasteiger partial charge in [0, 0.05) is 35.4 Å². The molecule has 4 saturated carbocycles. The summed E-state index contributed by atoms with van der Waals surface area (Å²) in [5.41, 5.74) is 5.33. The molecule has 1 aromatic heterocycles. The third-order valence-electron chi connectivity index (χ3n) is 11.4. The van der Waals surface area contributed by atoms with E-state index in [1.54, 1.807) is 0 Å². The second kappa shape index (κ2) is 14.3. The number of rotatable bonds is 11. The Balaban J connectivity index is 1.32. The maximum Gasteiger partial charge on any atom is 0.109 e. The van der Waals surface area contributed by atoms with Gasteiger partial charge in [-0.3, -0.25) is 9.89 Å². The van der Waals surface area contributed by atoms with Crippen molar-refractivity contribution in [2.45, 2.75) is 109 Å². The third-order valence-corrected chi connectivity index (χ3v) is 11.7. The number of halogens is 1. The van der Waals surface area contributed by atoms with E-state index in [9.17, 15) is 5.26 Å². The summed E-state index contributed by atoms with van der Waals surface area (Å²) in [4.78, 5) is 6.92. The standard InChI is InChI=1S/C40H53ClN8/c1-8-9-10-11-26(2)37(35-25-49(47-46-35)32-12-14-48(15-13-32)39(4,5)6)44-31-19-33(38(43-7)34(41)20-31)36(27(3)24-42)45-40-21-28-16-29(22-40)18-30(17-28)23-40/h8-11,19-20,25,28-30,32,37,44-45H,2,7,12-18,21-23H2,1,3-6H3/b9-8-,11-10-,36-27-/t28?,29?,30?,37-,40?/m0/s1. The summed E-state index contributed by atoms with van der Waals surface area (Å²) in [6, 6.07) is 6.28. The lowest BCUT2D eigenvalue weighted by Crippen LogP contribution is -2.57. The molecule has 1 aliphatic heterocycles. The van der Waals surface area contributed by atoms with Gasteiger partial charge in [0.2, 0.25) is 0 Å². The van der Waals surface area contributed by atoms with Crippen LogP contribution in [0.2, 0.25) is 5.02 Å². The van der Waals surface area contributed by atoms with E-state index < -0.39 is 0 Å². The molecule has 9 heteroatoms. The zero-order chi connectivity index (χ0) is 34.9. The molecule has 49 heavy (non-hydrogen) atoms. The van der Waals surface area contributed by atoms with Gasteiger partial charge >= 0.3 is 0 Å². The predicted molar refractivity (Wildman–Crippen MR) is 202 cm³/mol. The summed E-state index contributed by atoms with van der Waals surface area (Å²) in [6.45, 7) is 21.1. The van der Waals surface area contributed by atoms with Crippen LogP contribution in [0.25, 0.3) is 5.70 Å². The first kappa shape index (κ1) is 35.2. The topological polar surface area (TPSA) is 94.2 Å². The molecule has 8 nitrogen and oxygen atoms in total. The van der Waals surface area contributed by atoms with Gasteiger partial charge in [-0.2, -0.15) is 5.26 Å². The molecule has 1 atom stereocenters. The molecular weight excluding hydrogens is 628 g/mol. The largest absolute Gasteiger partial charge is 0.378 e. The van der Waals surface area contributed by atoms with Crippen LogP contribution in [-0.2, 0) is 0 Å². The average molecular weight is 681 g/mol. The number of nitrogens with zero attached hydrogens (tertiary/aromatic N) is 6. The summed E-state index contributed by atoms with van der Waals surface area (Å²) >= 11 is 6.97. The van der Waals surface area contributed by atoms with E-state index in [2.05, 4.69) is 77.2 Å². The molecule has 5 aliphatic rings. The highest BCUT2D eigenvalue weighted by Gasteiger charge is 2.51. The van der Waals surface area contributed by atoms with Gasteiger partial charge in [-0.15, -0.1) is 5.10 Å². The van der Waals surface area contributed by atoms with Crippen molar-refractivity contribution in [2.75, 3.05) is 18.4 Å². The van der Waals surface area contributed by atoms with Crippen LogP contribution in [0.5, 0.6) is 0 Å². The molecule has 2 N–H and O–H groups in total. The molecule has 7 rings (SSSR count). The van der Waals surface area contributed by atoms with Crippen LogP contribution in [0.15, 0.2) is 65.4 Å². The summed E-state index contributed by atoms with van der Waals surface area (Å²) in [5.74, 6) is 2.29. The van der Waals surface area contributed by atoms with Crippen molar-refractivity contribution in [1.29, 1.82) is 5.26 Å². The molecule has 4 aliphatic carbocycles. The van der Waals surface area contributed by atoms with E-state index in [4.69, 9.17) is 11.6 Å². The number of nitriles is 1. The predicted octanol–water partition coefficient (Wildman–Crippen LogP) is 9.35. The molecule has 1 aromatic carbocycles. The van der Waals surface area contributed by atoms with E-state index >= 15 is 0 Å². The monoisotopic (exact) mass is 680 g/mol. The molecule has 0 unspecified atom stereocenters. The lowest BCUT2D eigenvalue weighted by atomic mass is 9.53. The van der Waals surface area contributed by atoms with Gasteiger partial charge in [0.05, 0.1) is 46.3 Å². The maximum absolute atomic E-state index is 10.2. The Morgan fingerprint density at radius 2 is 1.78 bits per heavy atom. The van der Waals surface area contributed by atoms with Crippen molar-refractivity contribution in [2.24, 2.45) is 22.7 Å². The average Bonchev–Trinajstić information content (AvgIpc) is 3.55. The number of anilines is 1. The van der Waals surface area contributed by atoms with Gasteiger partial charge < -0.3 is 10.6 Å². The second-order valence-corrected chi connectivity index (χ2v) is 16.4. The van der Waals surface area contributed by atoms with Crippen LogP contribution in [0.4, 0.5) is 11.4 Å². The van der Waals surface area contributed by atoms with Gasteiger partial charge in [-0.05, 0) is 128 Å². The first-order valence-electron chi connectivity index (χ1n) is 18.0. The zero-order valence-corrected chi connectivity index (χ0v) is 30.7. The van der Waals surface area contributed by atoms with Crippen LogP contribution < -0.4 is 10.6 Å². The van der Waals surface area contributed by atoms with Gasteiger partial charge in [-0.1, -0.05) is 47.7 Å². The number of allylic oxidation sites excluding steroid dienone is 4. The fourth-order valence-corrected chi connectivity index (χ4v) is 9.57. The molecule has 5 fully saturated rings. The normalized spacial score (nSPS) is 26.9. The number of likely N-dealkylation sites (tertiary alicyclic amines) is 1. The molecule has 260 valence electrons. The Bertz CT molecular complexity index is 1660. The fourth-order valence-electron chi connectivity index (χ4n) is 9.29. The van der Waals surface area contributed by atoms with Gasteiger partial charge in [-0.25, -0.2) is 4.68 Å². The number of aliphatic imine (C=N–C) groups is 1. The van der Waals surface area contributed by atoms with Crippen molar-refractivity contribution < 1.29 is 0 Å². The quantitative estimate of drug-likeness (QED) is 0.140. The van der Waals surface area contributed by atoms with Crippen LogP contribution in [-0.4, -0.2) is 50.8 Å². The van der Waals surface area contributed by atoms with E-state index in [-0.39, 0.29) is 17.1 Å². The third kappa shape index (κ3) is 7.59. The number of benzene rings is 1. The van der Waals surface area contributed by atoms with Crippen molar-refractivity contribution >= 4 is 35.4 Å². The lowest BCUT2D eigenvalue weighted by molar-refractivity contribution is -0.0115. The van der Waals surface area contributed by atoms with Gasteiger partial charge in [0.15, 0.2) is 0 Å². The number of piperidine rings is 1. The Morgan fingerprint density at radius 3 is 2.35 bits per heavy atom. The minimum absolute atomic E-state index is 0.00745. The molecule has 4 bridgehead atoms. The first-order chi connectivity index (χ1) is 23.4. The molecule has 2 heterocycles. The van der Waals surface area contributed by atoms with E-state index in [0.717, 1.165) is 91.2 Å². The second-order valence-electron chi connectivity index (χ2n) is 16.0. The molecular formula is C40H53ClN8. The molecule has 0 spiro atoms. The van der Waals surface area contributed by atoms with Crippen LogP contribution in [0, 0.1) is 29.1 Å². The smallest absolute Gasteiger partial charge is 0.109 e. The van der Waals surface area contributed by atoms with Crippen molar-refractivity contribution in [3.05, 3.63) is 76.6 Å². The van der Waals surface area contributed by atoms with E-state index in [1.165, 1.54) is 19.3 Å². The summed E-state index contributed by atoms with van der Waals surface area (Å²) in [7, 11) is 0. The Hall–Kier alpha value is -3.67. The Kier molecular flexibility index (Phi) is 10.3. The molecule has 0 radical (unpaired) electrons. The van der Waals surface area contributed by atoms with E-state index in [1.807, 2.05) is 55.0 Å². The SMILES string of the molecule is C=Nc1c(Cl)cc(N[C@@H](C(=C)/C=C\C=C/C)c2cn(C3CCN(C(C)(C)C)CC3)nn2)cc1/C(NC12CC3CC(CC(C3)C1)C2)=C(\C)C#N. The molecule has 0 amide bonds. The highest BCUT2D eigenvalue weighted by Crippen LogP contribution is 2.56. The Labute approximate surface area is 298 Å². The number of hydrogen-bond acceptors (Lipinski definition) is 7. The van der Waals surface area contributed by atoms with Crippen LogP contribution in [0.3, 0.4) is 0 Å². The van der Waals surface area contributed by atoms with Gasteiger partial charge in [0.25, 0.3) is 0 Å². The highest BCUT2D eigenvalue weighted by molar-refractivity contribution is 6.33. The minimum atomic E-state index is -0.364. The van der Waals surface area contributed by atoms with Crippen molar-refractivity contribution in [3.8, 4) is 6.07 Å². The lowest BCUT2D eigenvalue weighted by Gasteiger charge is -2.57. The maximum atomic E-state index is 10.2. The summed E-state index contributed by atoms with van der Waals surface area (Å²) in [6.07, 6.45) is 19.5. The molecule has 1 saturated heterocycles. The summed E-state index contributed by atoms with van der Waals surface area (Å²) < 4.78 is 2.03. The van der Waals surface area contributed by atoms with E-state index in [0.29, 0.717) is 22.3 Å². The minimum Gasteiger partial charge on any atom is -0.378 e. The van der Waals surface area contributed by atoms with Crippen LogP contribution in [0.1, 0.15) is 109 Å². The zero-order valence-electron chi connectivity index (χ0n) is 30.0. The Morgan fingerprint density at radius 1 is 1.12 bits per heavy atom. The van der Waals surface area contributed by atoms with Gasteiger partial charge in [0.1, 0.15) is 5.69 Å². The van der Waals surface area contributed by atoms with Crippen LogP contribution >= 0.6 is 11.6 Å². The van der Waals surface area contributed by atoms with Crippen molar-refractivity contribution in [1.82, 2.24) is 25.2 Å². The molecule has 2 aromatic rings. The number of aromatic nitrogens is 3. The summed E-state index contributed by atoms with van der Waals surface area (Å²) in [5, 5.41) is 27.7. The number of hydrogen-bond donors (Lipinski definition) is 2. The van der Waals surface area contributed by atoms with Crippen molar-refractivity contribution in [3.63, 3.8) is 0 Å². The first-order valence-corrected chi connectivity index (χ1v) is 18.4. The number of nitrogens with one attached hydrogen (secondary N) is 2. The highest BCUT2D eigenvalue weighted by atomic mass is 35.5. The fraction of sp³-hybridized carbons (Fsp3) is 0.550.